The maximum absolute atomic E-state index is 13.8. The highest BCUT2D eigenvalue weighted by Gasteiger charge is 2.32. The smallest absolute Gasteiger partial charge is 0.326 e. The fourth-order valence-corrected chi connectivity index (χ4v) is 5.62. The summed E-state index contributed by atoms with van der Waals surface area (Å²) in [4.78, 5) is 66.1. The number of benzene rings is 2. The number of nitrogens with one attached hydrogen (secondary N) is 4. The molecule has 0 aliphatic rings. The monoisotopic (exact) mass is 731 g/mol. The third kappa shape index (κ3) is 16.0. The van der Waals surface area contributed by atoms with Crippen LogP contribution in [0.5, 0.6) is 11.5 Å². The fourth-order valence-electron chi connectivity index (χ4n) is 5.15. The number of carbonyl (C=O) groups is 5. The van der Waals surface area contributed by atoms with Crippen LogP contribution in [0.1, 0.15) is 56.1 Å². The number of phenolic OH excluding ortho intramolecular Hbond substituents is 2. The summed E-state index contributed by atoms with van der Waals surface area (Å²) in [5, 5.41) is 39.9. The fraction of sp³-hybridized carbons (Fsp3) is 0.514. The number of carbonyl (C=O) groups excluding carboxylic acids is 4. The molecule has 51 heavy (non-hydrogen) atoms. The first-order valence-electron chi connectivity index (χ1n) is 17.0. The summed E-state index contributed by atoms with van der Waals surface area (Å²) >= 11 is 1.44. The van der Waals surface area contributed by atoms with Crippen LogP contribution in [0, 0.1) is 0 Å². The van der Waals surface area contributed by atoms with Crippen LogP contribution < -0.4 is 38.5 Å². The van der Waals surface area contributed by atoms with E-state index in [0.29, 0.717) is 62.1 Å². The second-order valence-corrected chi connectivity index (χ2v) is 13.3. The molecular weight excluding hydrogens is 678 g/mol. The van der Waals surface area contributed by atoms with Crippen molar-refractivity contribution >= 4 is 41.4 Å². The minimum absolute atomic E-state index is 0.000569. The molecule has 5 atom stereocenters. The molecule has 0 aliphatic heterocycles. The Kier molecular flexibility index (Phi) is 19.4. The highest BCUT2D eigenvalue weighted by molar-refractivity contribution is 7.98. The Bertz CT molecular complexity index is 1400. The van der Waals surface area contributed by atoms with Gasteiger partial charge >= 0.3 is 5.97 Å². The highest BCUT2D eigenvalue weighted by atomic mass is 32.2. The molecule has 0 spiro atoms. The summed E-state index contributed by atoms with van der Waals surface area (Å²) in [6, 6.07) is 6.24. The number of phenols is 2. The molecule has 15 nitrogen and oxygen atoms in total. The third-order valence-corrected chi connectivity index (χ3v) is 8.77. The van der Waals surface area contributed by atoms with Gasteiger partial charge in [0, 0.05) is 12.8 Å². The molecule has 0 unspecified atom stereocenters. The average molecular weight is 732 g/mol. The lowest BCUT2D eigenvalue weighted by atomic mass is 10.0. The third-order valence-electron chi connectivity index (χ3n) is 8.13. The number of nitrogens with two attached hydrogens (primary N) is 3. The lowest BCUT2D eigenvalue weighted by Gasteiger charge is -2.26. The van der Waals surface area contributed by atoms with Crippen molar-refractivity contribution in [3.8, 4) is 11.5 Å². The van der Waals surface area contributed by atoms with Crippen LogP contribution in [-0.4, -0.2) is 100 Å². The zero-order valence-electron chi connectivity index (χ0n) is 29.0. The summed E-state index contributed by atoms with van der Waals surface area (Å²) in [6.07, 6.45) is 5.00. The Morgan fingerprint density at radius 3 is 1.51 bits per heavy atom. The second kappa shape index (κ2) is 23.2. The molecule has 2 rings (SSSR count). The van der Waals surface area contributed by atoms with Gasteiger partial charge in [-0.1, -0.05) is 30.7 Å². The summed E-state index contributed by atoms with van der Waals surface area (Å²) < 4.78 is 0. The Morgan fingerprint density at radius 1 is 0.608 bits per heavy atom. The van der Waals surface area contributed by atoms with Crippen molar-refractivity contribution in [2.24, 2.45) is 17.2 Å². The molecule has 0 saturated heterocycles. The largest absolute Gasteiger partial charge is 0.508 e. The topological polar surface area (TPSA) is 272 Å². The van der Waals surface area contributed by atoms with Crippen molar-refractivity contribution < 1.29 is 39.3 Å². The van der Waals surface area contributed by atoms with Gasteiger partial charge in [0.1, 0.15) is 35.7 Å². The van der Waals surface area contributed by atoms with E-state index in [9.17, 15) is 39.3 Å². The Balaban J connectivity index is 2.29. The predicted octanol–water partition coefficient (Wildman–Crippen LogP) is 0.245. The molecular formula is C35H53N7O8S. The van der Waals surface area contributed by atoms with Gasteiger partial charge in [0.25, 0.3) is 0 Å². The molecule has 282 valence electrons. The number of thioether (sulfide) groups is 1. The number of carboxylic acid groups (broad SMARTS) is 1. The zero-order valence-corrected chi connectivity index (χ0v) is 29.8. The van der Waals surface area contributed by atoms with Crippen LogP contribution in [-0.2, 0) is 36.8 Å². The van der Waals surface area contributed by atoms with Gasteiger partial charge in [-0.2, -0.15) is 11.8 Å². The van der Waals surface area contributed by atoms with E-state index in [0.717, 1.165) is 0 Å². The van der Waals surface area contributed by atoms with E-state index < -0.39 is 59.8 Å². The predicted molar refractivity (Wildman–Crippen MR) is 196 cm³/mol. The second-order valence-electron chi connectivity index (χ2n) is 12.3. The molecule has 16 heteroatoms. The standard InChI is InChI=1S/C35H53N7O8S/c1-51-19-16-28(40-32(46)27(7-3-5-18-37)39-31(45)26(38)6-2-4-17-36)33(47)41-29(20-22-8-12-24(43)13-9-22)34(48)42-30(35(49)50)21-23-10-14-25(44)15-11-23/h8-15,26-30,43-44H,2-7,16-21,36-38H2,1H3,(H,39,45)(H,40,46)(H,41,47)(H,42,48)(H,49,50)/t26-,27-,28-,29-,30-/m0/s1. The molecule has 0 radical (unpaired) electrons. The van der Waals surface area contributed by atoms with Crippen LogP contribution in [0.4, 0.5) is 0 Å². The molecule has 0 fully saturated rings. The summed E-state index contributed by atoms with van der Waals surface area (Å²) in [6.45, 7) is 0.858. The molecule has 0 saturated carbocycles. The van der Waals surface area contributed by atoms with Crippen molar-refractivity contribution in [1.82, 2.24) is 21.3 Å². The maximum Gasteiger partial charge on any atom is 0.326 e. The molecule has 0 heterocycles. The van der Waals surface area contributed by atoms with Crippen molar-refractivity contribution in [1.29, 1.82) is 0 Å². The number of unbranched alkanes of at least 4 members (excludes halogenated alkanes) is 2. The van der Waals surface area contributed by atoms with E-state index >= 15 is 0 Å². The van der Waals surface area contributed by atoms with Gasteiger partial charge in [-0.3, -0.25) is 19.2 Å². The van der Waals surface area contributed by atoms with Gasteiger partial charge < -0.3 is 53.8 Å². The van der Waals surface area contributed by atoms with E-state index in [1.165, 1.54) is 48.2 Å². The van der Waals surface area contributed by atoms with Crippen molar-refractivity contribution in [3.05, 3.63) is 59.7 Å². The molecule has 4 amide bonds. The van der Waals surface area contributed by atoms with Crippen LogP contribution in [0.15, 0.2) is 48.5 Å². The van der Waals surface area contributed by atoms with Gasteiger partial charge in [0.05, 0.1) is 6.04 Å². The zero-order chi connectivity index (χ0) is 37.8. The molecule has 0 aromatic heterocycles. The summed E-state index contributed by atoms with van der Waals surface area (Å²) in [7, 11) is 0. The number of amides is 4. The quantitative estimate of drug-likeness (QED) is 0.0651. The van der Waals surface area contributed by atoms with Crippen molar-refractivity contribution in [2.75, 3.05) is 25.1 Å². The number of aliphatic carboxylic acids is 1. The lowest BCUT2D eigenvalue weighted by molar-refractivity contribution is -0.142. The first-order valence-corrected chi connectivity index (χ1v) is 18.4. The SMILES string of the molecule is CSCC[C@H](NC(=O)[C@H](CCCCN)NC(=O)[C@@H](N)CCCCN)C(=O)N[C@@H](Cc1ccc(O)cc1)C(=O)N[C@@H](Cc1ccc(O)cc1)C(=O)O. The number of hydrogen-bond acceptors (Lipinski definition) is 11. The summed E-state index contributed by atoms with van der Waals surface area (Å²) in [5.74, 6) is -3.42. The van der Waals surface area contributed by atoms with Gasteiger partial charge in [-0.15, -0.1) is 0 Å². The number of hydrogen-bond donors (Lipinski definition) is 10. The Morgan fingerprint density at radius 2 is 1.02 bits per heavy atom. The van der Waals surface area contributed by atoms with E-state index in [4.69, 9.17) is 17.2 Å². The van der Waals surface area contributed by atoms with Crippen LogP contribution in [0.2, 0.25) is 0 Å². The summed E-state index contributed by atoms with van der Waals surface area (Å²) in [5.41, 5.74) is 18.4. The first-order chi connectivity index (χ1) is 24.4. The van der Waals surface area contributed by atoms with E-state index in [1.807, 2.05) is 6.26 Å². The van der Waals surface area contributed by atoms with Crippen LogP contribution in [0.3, 0.4) is 0 Å². The van der Waals surface area contributed by atoms with Crippen LogP contribution >= 0.6 is 11.8 Å². The van der Waals surface area contributed by atoms with Gasteiger partial charge in [-0.25, -0.2) is 4.79 Å². The maximum atomic E-state index is 13.8. The van der Waals surface area contributed by atoms with Crippen LogP contribution in [0.25, 0.3) is 0 Å². The van der Waals surface area contributed by atoms with Crippen molar-refractivity contribution in [2.45, 2.75) is 88.0 Å². The van der Waals surface area contributed by atoms with Gasteiger partial charge in [0.2, 0.25) is 23.6 Å². The highest BCUT2D eigenvalue weighted by Crippen LogP contribution is 2.14. The average Bonchev–Trinajstić information content (AvgIpc) is 3.10. The molecule has 0 aliphatic carbocycles. The molecule has 0 bridgehead atoms. The van der Waals surface area contributed by atoms with Gasteiger partial charge in [-0.05, 0) is 99.0 Å². The number of rotatable bonds is 24. The minimum Gasteiger partial charge on any atom is -0.508 e. The van der Waals surface area contributed by atoms with Crippen molar-refractivity contribution in [3.63, 3.8) is 0 Å². The Labute approximate surface area is 302 Å². The number of carboxylic acids is 1. The molecule has 2 aromatic carbocycles. The first kappa shape index (κ1) is 42.8. The van der Waals surface area contributed by atoms with E-state index in [-0.39, 0.29) is 37.2 Å². The minimum atomic E-state index is -1.37. The number of aromatic hydroxyl groups is 2. The van der Waals surface area contributed by atoms with E-state index in [2.05, 4.69) is 21.3 Å². The lowest BCUT2D eigenvalue weighted by Crippen LogP contribution is -2.59. The normalized spacial score (nSPS) is 14.0. The molecule has 13 N–H and O–H groups in total. The van der Waals surface area contributed by atoms with E-state index in [1.54, 1.807) is 12.1 Å². The molecule has 2 aromatic rings. The Hall–Kier alpha value is -4.38. The van der Waals surface area contributed by atoms with Gasteiger partial charge in [0.15, 0.2) is 0 Å².